The number of rotatable bonds is 8. The fourth-order valence-electron chi connectivity index (χ4n) is 1.56. The number of carbonyl (C=O) groups is 1. The van der Waals surface area contributed by atoms with E-state index in [1.165, 1.54) is 16.9 Å². The molecule has 2 amide bonds. The topological polar surface area (TPSA) is 76.1 Å². The average Bonchev–Trinajstić information content (AvgIpc) is 2.98. The van der Waals surface area contributed by atoms with Crippen molar-refractivity contribution >= 4 is 34.3 Å². The fourth-order valence-corrected chi connectivity index (χ4v) is 3.26. The first kappa shape index (κ1) is 16.7. The number of carbonyl (C=O) groups excluding carboxylic acids is 1. The van der Waals surface area contributed by atoms with Crippen LogP contribution in [-0.2, 0) is 10.5 Å². The Morgan fingerprint density at radius 3 is 2.91 bits per heavy atom. The van der Waals surface area contributed by atoms with Gasteiger partial charge in [-0.2, -0.15) is 0 Å². The zero-order valence-electron chi connectivity index (χ0n) is 12.2. The van der Waals surface area contributed by atoms with Crippen LogP contribution in [-0.4, -0.2) is 36.0 Å². The van der Waals surface area contributed by atoms with E-state index in [0.717, 1.165) is 10.1 Å². The second-order valence-electron chi connectivity index (χ2n) is 4.23. The summed E-state index contributed by atoms with van der Waals surface area (Å²) in [5.41, 5.74) is 1.23. The highest BCUT2D eigenvalue weighted by Crippen LogP contribution is 2.28. The maximum Gasteiger partial charge on any atom is 0.321 e. The Morgan fingerprint density at radius 2 is 2.14 bits per heavy atom. The zero-order chi connectivity index (χ0) is 15.6. The third-order valence-corrected chi connectivity index (χ3v) is 4.61. The normalized spacial score (nSPS) is 10.4. The van der Waals surface area contributed by atoms with E-state index in [0.29, 0.717) is 24.9 Å². The standard InChI is InChI=1S/C14H18N4O2S2/c1-2-20-9-8-15-12(19)16-13-17-18-14(22-13)21-10-11-6-4-3-5-7-11/h3-7H,2,8-10H2,1H3,(H2,15,16,17,19). The highest BCUT2D eigenvalue weighted by Gasteiger charge is 2.08. The van der Waals surface area contributed by atoms with Crippen LogP contribution in [0.5, 0.6) is 0 Å². The van der Waals surface area contributed by atoms with Gasteiger partial charge in [0.05, 0.1) is 6.61 Å². The maximum atomic E-state index is 11.6. The van der Waals surface area contributed by atoms with Gasteiger partial charge in [-0.15, -0.1) is 10.2 Å². The third-order valence-electron chi connectivity index (χ3n) is 2.57. The molecule has 1 heterocycles. The van der Waals surface area contributed by atoms with Crippen molar-refractivity contribution in [3.63, 3.8) is 0 Å². The van der Waals surface area contributed by atoms with Gasteiger partial charge in [0.25, 0.3) is 0 Å². The molecule has 0 saturated carbocycles. The minimum absolute atomic E-state index is 0.296. The number of hydrogen-bond acceptors (Lipinski definition) is 6. The summed E-state index contributed by atoms with van der Waals surface area (Å²) in [5, 5.41) is 13.9. The molecule has 8 heteroatoms. The summed E-state index contributed by atoms with van der Waals surface area (Å²) in [5.74, 6) is 0.829. The Hall–Kier alpha value is -1.64. The van der Waals surface area contributed by atoms with Crippen molar-refractivity contribution in [3.05, 3.63) is 35.9 Å². The summed E-state index contributed by atoms with van der Waals surface area (Å²) in [6.45, 7) is 3.52. The van der Waals surface area contributed by atoms with E-state index >= 15 is 0 Å². The monoisotopic (exact) mass is 338 g/mol. The van der Waals surface area contributed by atoms with E-state index in [4.69, 9.17) is 4.74 Å². The molecular formula is C14H18N4O2S2. The van der Waals surface area contributed by atoms with Crippen LogP contribution >= 0.6 is 23.1 Å². The van der Waals surface area contributed by atoms with E-state index in [1.54, 1.807) is 11.8 Å². The van der Waals surface area contributed by atoms with Crippen LogP contribution in [0.3, 0.4) is 0 Å². The Kier molecular flexibility index (Phi) is 7.14. The molecule has 0 aliphatic carbocycles. The molecule has 0 atom stereocenters. The second kappa shape index (κ2) is 9.39. The molecule has 6 nitrogen and oxygen atoms in total. The van der Waals surface area contributed by atoms with Crippen LogP contribution in [0.2, 0.25) is 0 Å². The van der Waals surface area contributed by atoms with Crippen molar-refractivity contribution in [3.8, 4) is 0 Å². The lowest BCUT2D eigenvalue weighted by molar-refractivity contribution is 0.150. The number of amides is 2. The summed E-state index contributed by atoms with van der Waals surface area (Å²) in [7, 11) is 0. The number of thioether (sulfide) groups is 1. The van der Waals surface area contributed by atoms with Gasteiger partial charge in [-0.3, -0.25) is 5.32 Å². The molecule has 2 rings (SSSR count). The van der Waals surface area contributed by atoms with E-state index < -0.39 is 0 Å². The smallest absolute Gasteiger partial charge is 0.321 e. The SMILES string of the molecule is CCOCCNC(=O)Nc1nnc(SCc2ccccc2)s1. The molecule has 0 radical (unpaired) electrons. The van der Waals surface area contributed by atoms with Crippen molar-refractivity contribution in [2.24, 2.45) is 0 Å². The molecule has 22 heavy (non-hydrogen) atoms. The predicted molar refractivity (Wildman–Crippen MR) is 89.4 cm³/mol. The molecule has 0 fully saturated rings. The zero-order valence-corrected chi connectivity index (χ0v) is 13.9. The highest BCUT2D eigenvalue weighted by molar-refractivity contribution is 8.00. The lowest BCUT2D eigenvalue weighted by Crippen LogP contribution is -2.31. The van der Waals surface area contributed by atoms with Gasteiger partial charge in [0, 0.05) is 18.9 Å². The summed E-state index contributed by atoms with van der Waals surface area (Å²) >= 11 is 2.96. The summed E-state index contributed by atoms with van der Waals surface area (Å²) in [6, 6.07) is 9.85. The van der Waals surface area contributed by atoms with Crippen molar-refractivity contribution < 1.29 is 9.53 Å². The molecule has 0 aliphatic rings. The Labute approximate surface area is 137 Å². The van der Waals surface area contributed by atoms with E-state index in [2.05, 4.69) is 33.0 Å². The minimum atomic E-state index is -0.296. The molecule has 1 aromatic heterocycles. The van der Waals surface area contributed by atoms with Gasteiger partial charge in [0.2, 0.25) is 5.13 Å². The average molecular weight is 338 g/mol. The number of aromatic nitrogens is 2. The first-order chi connectivity index (χ1) is 10.8. The molecule has 118 valence electrons. The largest absolute Gasteiger partial charge is 0.380 e. The second-order valence-corrected chi connectivity index (χ2v) is 6.43. The number of hydrogen-bond donors (Lipinski definition) is 2. The molecule has 1 aromatic carbocycles. The molecule has 0 aliphatic heterocycles. The van der Waals surface area contributed by atoms with Crippen LogP contribution in [0.4, 0.5) is 9.93 Å². The lowest BCUT2D eigenvalue weighted by atomic mass is 10.2. The van der Waals surface area contributed by atoms with Gasteiger partial charge in [0.15, 0.2) is 4.34 Å². The summed E-state index contributed by atoms with van der Waals surface area (Å²) in [6.07, 6.45) is 0. The molecule has 2 N–H and O–H groups in total. The highest BCUT2D eigenvalue weighted by atomic mass is 32.2. The predicted octanol–water partition coefficient (Wildman–Crippen LogP) is 2.99. The van der Waals surface area contributed by atoms with Crippen molar-refractivity contribution in [2.75, 3.05) is 25.1 Å². The number of ether oxygens (including phenoxy) is 1. The third kappa shape index (κ3) is 6.00. The van der Waals surface area contributed by atoms with Gasteiger partial charge in [0.1, 0.15) is 0 Å². The van der Waals surface area contributed by atoms with E-state index in [1.807, 2.05) is 25.1 Å². The minimum Gasteiger partial charge on any atom is -0.380 e. The fraction of sp³-hybridized carbons (Fsp3) is 0.357. The number of anilines is 1. The lowest BCUT2D eigenvalue weighted by Gasteiger charge is -2.04. The van der Waals surface area contributed by atoms with Crippen LogP contribution in [0, 0.1) is 0 Å². The van der Waals surface area contributed by atoms with Crippen molar-refractivity contribution in [1.82, 2.24) is 15.5 Å². The molecule has 0 saturated heterocycles. The summed E-state index contributed by atoms with van der Waals surface area (Å²) in [4.78, 5) is 11.6. The van der Waals surface area contributed by atoms with E-state index in [-0.39, 0.29) is 6.03 Å². The first-order valence-corrected chi connectivity index (χ1v) is 8.71. The van der Waals surface area contributed by atoms with Gasteiger partial charge >= 0.3 is 6.03 Å². The van der Waals surface area contributed by atoms with Crippen LogP contribution in [0.15, 0.2) is 34.7 Å². The van der Waals surface area contributed by atoms with Crippen LogP contribution < -0.4 is 10.6 Å². The van der Waals surface area contributed by atoms with Crippen molar-refractivity contribution in [2.45, 2.75) is 17.0 Å². The molecule has 0 spiro atoms. The van der Waals surface area contributed by atoms with Gasteiger partial charge in [-0.25, -0.2) is 4.79 Å². The number of urea groups is 1. The molecule has 0 unspecified atom stereocenters. The number of benzene rings is 1. The van der Waals surface area contributed by atoms with Crippen LogP contribution in [0.25, 0.3) is 0 Å². The maximum absolute atomic E-state index is 11.6. The van der Waals surface area contributed by atoms with Gasteiger partial charge in [-0.05, 0) is 12.5 Å². The van der Waals surface area contributed by atoms with Crippen LogP contribution in [0.1, 0.15) is 12.5 Å². The summed E-state index contributed by atoms with van der Waals surface area (Å²) < 4.78 is 5.97. The van der Waals surface area contributed by atoms with Gasteiger partial charge in [-0.1, -0.05) is 53.4 Å². The Morgan fingerprint density at radius 1 is 1.32 bits per heavy atom. The number of nitrogens with zero attached hydrogens (tertiary/aromatic N) is 2. The molecular weight excluding hydrogens is 320 g/mol. The van der Waals surface area contributed by atoms with Crippen molar-refractivity contribution in [1.29, 1.82) is 0 Å². The molecule has 0 bridgehead atoms. The number of nitrogens with one attached hydrogen (secondary N) is 2. The first-order valence-electron chi connectivity index (χ1n) is 6.90. The van der Waals surface area contributed by atoms with E-state index in [9.17, 15) is 4.79 Å². The Balaban J connectivity index is 1.73. The van der Waals surface area contributed by atoms with Gasteiger partial charge < -0.3 is 10.1 Å². The Bertz CT molecular complexity index is 577. The molecule has 2 aromatic rings. The quantitative estimate of drug-likeness (QED) is 0.440.